The molecule has 0 spiro atoms. The minimum atomic E-state index is -5.08. The highest BCUT2D eigenvalue weighted by atomic mass is 32.3. The standard InChI is InChI=1S/C28H35F3N2O5S2/c1-6-36-19-20-37-24-11-17-27(18-12-24)40(38-39(34,35)21-28(29,30)31,25-13-7-22(8-14-25)32(2)3)26-15-9-23(10-16-26)33(4)5/h7-18H,6,19-21H2,1-5H3. The Hall–Kier alpha value is -2.93. The van der Waals surface area contributed by atoms with E-state index in [1.807, 2.05) is 44.9 Å². The number of halogens is 3. The van der Waals surface area contributed by atoms with E-state index in [0.29, 0.717) is 40.3 Å². The van der Waals surface area contributed by atoms with E-state index >= 15 is 0 Å². The molecule has 12 heteroatoms. The zero-order valence-corrected chi connectivity index (χ0v) is 24.8. The molecule has 0 N–H and O–H groups in total. The van der Waals surface area contributed by atoms with Crippen LogP contribution in [0.2, 0.25) is 0 Å². The summed E-state index contributed by atoms with van der Waals surface area (Å²) in [5.74, 6) is -1.61. The Morgan fingerprint density at radius 3 is 1.50 bits per heavy atom. The van der Waals surface area contributed by atoms with Crippen molar-refractivity contribution in [3.05, 3.63) is 72.8 Å². The van der Waals surface area contributed by atoms with Crippen molar-refractivity contribution in [3.8, 4) is 5.75 Å². The second-order valence-corrected chi connectivity index (χ2v) is 13.7. The van der Waals surface area contributed by atoms with Crippen LogP contribution in [-0.4, -0.2) is 68.4 Å². The van der Waals surface area contributed by atoms with Crippen molar-refractivity contribution in [2.45, 2.75) is 27.8 Å². The zero-order chi connectivity index (χ0) is 29.6. The number of anilines is 2. The summed E-state index contributed by atoms with van der Waals surface area (Å²) in [7, 11) is -0.877. The van der Waals surface area contributed by atoms with E-state index in [9.17, 15) is 21.6 Å². The first-order valence-electron chi connectivity index (χ1n) is 12.5. The van der Waals surface area contributed by atoms with Gasteiger partial charge in [0.1, 0.15) is 12.4 Å². The molecule has 7 nitrogen and oxygen atoms in total. The average molecular weight is 601 g/mol. The molecule has 0 aliphatic carbocycles. The molecule has 0 aromatic heterocycles. The number of hydrogen-bond donors (Lipinski definition) is 0. The monoisotopic (exact) mass is 600 g/mol. The molecule has 0 radical (unpaired) electrons. The van der Waals surface area contributed by atoms with Gasteiger partial charge in [-0.25, -0.2) is 3.63 Å². The maximum absolute atomic E-state index is 13.4. The van der Waals surface area contributed by atoms with Crippen molar-refractivity contribution < 1.29 is 34.7 Å². The quantitative estimate of drug-likeness (QED) is 0.212. The molecule has 0 heterocycles. The van der Waals surface area contributed by atoms with Crippen LogP contribution in [0.1, 0.15) is 6.92 Å². The van der Waals surface area contributed by atoms with Crippen molar-refractivity contribution in [2.24, 2.45) is 0 Å². The number of hydrogen-bond acceptors (Lipinski definition) is 7. The van der Waals surface area contributed by atoms with E-state index in [-0.39, 0.29) is 0 Å². The van der Waals surface area contributed by atoms with Gasteiger partial charge in [-0.2, -0.15) is 21.6 Å². The van der Waals surface area contributed by atoms with Crippen molar-refractivity contribution in [1.82, 2.24) is 0 Å². The van der Waals surface area contributed by atoms with E-state index in [4.69, 9.17) is 13.1 Å². The smallest absolute Gasteiger partial charge is 0.405 e. The number of rotatable bonds is 13. The van der Waals surface area contributed by atoms with Crippen LogP contribution in [0.5, 0.6) is 5.75 Å². The second-order valence-electron chi connectivity index (χ2n) is 9.23. The number of nitrogens with zero attached hydrogens (tertiary/aromatic N) is 2. The van der Waals surface area contributed by atoms with E-state index in [1.165, 1.54) is 0 Å². The maximum Gasteiger partial charge on any atom is 0.405 e. The molecule has 40 heavy (non-hydrogen) atoms. The van der Waals surface area contributed by atoms with Gasteiger partial charge in [0.25, 0.3) is 10.1 Å². The third-order valence-electron chi connectivity index (χ3n) is 5.77. The molecule has 220 valence electrons. The number of benzene rings is 3. The Morgan fingerprint density at radius 1 is 0.700 bits per heavy atom. The van der Waals surface area contributed by atoms with Crippen molar-refractivity contribution in [3.63, 3.8) is 0 Å². The molecule has 0 unspecified atom stereocenters. The minimum Gasteiger partial charge on any atom is -0.491 e. The fourth-order valence-corrected chi connectivity index (χ4v) is 9.02. The lowest BCUT2D eigenvalue weighted by Gasteiger charge is -2.40. The summed E-state index contributed by atoms with van der Waals surface area (Å²) in [5, 5.41) is 0. The summed E-state index contributed by atoms with van der Waals surface area (Å²) < 4.78 is 82.9. The second kappa shape index (κ2) is 13.2. The van der Waals surface area contributed by atoms with Crippen molar-refractivity contribution in [1.29, 1.82) is 0 Å². The van der Waals surface area contributed by atoms with Gasteiger partial charge < -0.3 is 19.3 Å². The topological polar surface area (TPSA) is 68.3 Å². The predicted molar refractivity (Wildman–Crippen MR) is 153 cm³/mol. The summed E-state index contributed by atoms with van der Waals surface area (Å²) in [5.41, 5.74) is 1.66. The number of alkyl halides is 3. The molecule has 0 fully saturated rings. The van der Waals surface area contributed by atoms with Crippen LogP contribution in [0.25, 0.3) is 0 Å². The Balaban J connectivity index is 2.24. The van der Waals surface area contributed by atoms with Crippen LogP contribution in [0, 0.1) is 0 Å². The summed E-state index contributed by atoms with van der Waals surface area (Å²) in [6.45, 7) is 3.12. The Morgan fingerprint density at radius 2 is 1.12 bits per heavy atom. The van der Waals surface area contributed by atoms with E-state index in [0.717, 1.165) is 11.4 Å². The molecule has 0 aliphatic rings. The predicted octanol–water partition coefficient (Wildman–Crippen LogP) is 6.34. The first-order chi connectivity index (χ1) is 18.8. The third-order valence-corrected chi connectivity index (χ3v) is 10.9. The van der Waals surface area contributed by atoms with Gasteiger partial charge in [0.05, 0.1) is 6.61 Å². The van der Waals surface area contributed by atoms with E-state index in [2.05, 4.69) is 0 Å². The molecule has 3 aromatic carbocycles. The van der Waals surface area contributed by atoms with Crippen LogP contribution < -0.4 is 14.5 Å². The van der Waals surface area contributed by atoms with Gasteiger partial charge in [-0.3, -0.25) is 0 Å². The largest absolute Gasteiger partial charge is 0.491 e. The average Bonchev–Trinajstić information content (AvgIpc) is 2.89. The Bertz CT molecular complexity index is 1280. The molecule has 3 aromatic rings. The van der Waals surface area contributed by atoms with Gasteiger partial charge in [-0.15, -0.1) is 0 Å². The number of ether oxygens (including phenoxy) is 2. The zero-order valence-electron chi connectivity index (χ0n) is 23.1. The van der Waals surface area contributed by atoms with Gasteiger partial charge in [0, 0.05) is 60.9 Å². The Labute approximate surface area is 236 Å². The molecular formula is C28H35F3N2O5S2. The molecule has 0 atom stereocenters. The summed E-state index contributed by atoms with van der Waals surface area (Å²) in [4.78, 5) is 4.97. The highest BCUT2D eigenvalue weighted by Crippen LogP contribution is 2.70. The summed E-state index contributed by atoms with van der Waals surface area (Å²) in [6.07, 6.45) is -4.98. The molecule has 0 amide bonds. The van der Waals surface area contributed by atoms with Gasteiger partial charge in [0.15, 0.2) is 5.75 Å². The van der Waals surface area contributed by atoms with Crippen LogP contribution in [0.3, 0.4) is 0 Å². The van der Waals surface area contributed by atoms with E-state index in [1.54, 1.807) is 72.8 Å². The van der Waals surface area contributed by atoms with Gasteiger partial charge in [-0.1, -0.05) is 0 Å². The van der Waals surface area contributed by atoms with Crippen molar-refractivity contribution >= 4 is 31.8 Å². The molecule has 3 rings (SSSR count). The molecule has 0 saturated heterocycles. The molecular weight excluding hydrogens is 565 g/mol. The normalized spacial score (nSPS) is 12.7. The maximum atomic E-state index is 13.4. The lowest BCUT2D eigenvalue weighted by atomic mass is 10.3. The minimum absolute atomic E-state index is 0.305. The highest BCUT2D eigenvalue weighted by Gasteiger charge is 2.43. The fourth-order valence-electron chi connectivity index (χ4n) is 3.87. The van der Waals surface area contributed by atoms with Crippen LogP contribution in [0.4, 0.5) is 24.5 Å². The van der Waals surface area contributed by atoms with Crippen LogP contribution >= 0.6 is 10.3 Å². The first-order valence-corrected chi connectivity index (χ1v) is 15.6. The van der Waals surface area contributed by atoms with Crippen LogP contribution in [0.15, 0.2) is 87.5 Å². The lowest BCUT2D eigenvalue weighted by molar-refractivity contribution is -0.107. The van der Waals surface area contributed by atoms with Gasteiger partial charge in [-0.05, 0) is 90.0 Å². The first kappa shape index (κ1) is 31.6. The highest BCUT2D eigenvalue weighted by molar-refractivity contribution is 8.33. The lowest BCUT2D eigenvalue weighted by Crippen LogP contribution is -2.26. The van der Waals surface area contributed by atoms with Gasteiger partial charge in [0.2, 0.25) is 0 Å². The van der Waals surface area contributed by atoms with Crippen LogP contribution in [-0.2, 0) is 18.5 Å². The SMILES string of the molecule is CCOCCOc1ccc(S(OS(=O)(=O)CC(F)(F)F)(c2ccc(N(C)C)cc2)c2ccc(N(C)C)cc2)cc1. The van der Waals surface area contributed by atoms with E-state index < -0.39 is 32.4 Å². The molecule has 0 saturated carbocycles. The Kier molecular flexibility index (Phi) is 10.4. The fraction of sp³-hybridized carbons (Fsp3) is 0.357. The summed E-state index contributed by atoms with van der Waals surface area (Å²) >= 11 is 0. The molecule has 0 bridgehead atoms. The molecule has 0 aliphatic heterocycles. The third kappa shape index (κ3) is 8.06. The summed E-state index contributed by atoms with van der Waals surface area (Å²) in [6, 6.07) is 20.4. The van der Waals surface area contributed by atoms with Gasteiger partial charge >= 0.3 is 6.18 Å². The van der Waals surface area contributed by atoms with Crippen molar-refractivity contribution in [2.75, 3.05) is 63.6 Å².